The fourth-order valence-electron chi connectivity index (χ4n) is 4.48. The largest absolute Gasteiger partial charge is 0.496 e. The standard InChI is InChI=1S/C21H22FNO2/c1-25-20-5-3-2-4-19(20)21(24)23-17-10-11-18(23)13-15(12-17)14-6-8-16(22)9-7-14/h2-9,15,17-18H,10-13H2,1H3/t15?,17-,18+. The first-order valence-electron chi connectivity index (χ1n) is 8.88. The van der Waals surface area contributed by atoms with Crippen LogP contribution in [0.2, 0.25) is 0 Å². The summed E-state index contributed by atoms with van der Waals surface area (Å²) in [7, 11) is 1.60. The molecular weight excluding hydrogens is 317 g/mol. The second kappa shape index (κ2) is 6.51. The van der Waals surface area contributed by atoms with Gasteiger partial charge in [0.1, 0.15) is 11.6 Å². The quantitative estimate of drug-likeness (QED) is 0.830. The number of methoxy groups -OCH3 is 1. The lowest BCUT2D eigenvalue weighted by Gasteiger charge is -2.39. The van der Waals surface area contributed by atoms with Crippen molar-refractivity contribution in [2.75, 3.05) is 7.11 Å². The highest BCUT2D eigenvalue weighted by Crippen LogP contribution is 2.44. The van der Waals surface area contributed by atoms with Crippen molar-refractivity contribution < 1.29 is 13.9 Å². The number of fused-ring (bicyclic) bond motifs is 2. The Morgan fingerprint density at radius 1 is 1.04 bits per heavy atom. The predicted molar refractivity (Wildman–Crippen MR) is 94.3 cm³/mol. The topological polar surface area (TPSA) is 29.5 Å². The minimum Gasteiger partial charge on any atom is -0.496 e. The predicted octanol–water partition coefficient (Wildman–Crippen LogP) is 4.39. The monoisotopic (exact) mass is 339 g/mol. The Labute approximate surface area is 147 Å². The Bertz CT molecular complexity index is 760. The molecule has 2 aromatic carbocycles. The van der Waals surface area contributed by atoms with Gasteiger partial charge in [-0.1, -0.05) is 24.3 Å². The molecule has 0 radical (unpaired) electrons. The fourth-order valence-corrected chi connectivity index (χ4v) is 4.48. The number of carbonyl (C=O) groups is 1. The SMILES string of the molecule is COc1ccccc1C(=O)N1[C@@H]2CC[C@H]1CC(c1ccc(F)cc1)C2. The summed E-state index contributed by atoms with van der Waals surface area (Å²) in [6.45, 7) is 0. The molecule has 2 bridgehead atoms. The maximum atomic E-state index is 13.2. The second-order valence-corrected chi connectivity index (χ2v) is 7.02. The molecule has 2 aliphatic rings. The third-order valence-electron chi connectivity index (χ3n) is 5.65. The van der Waals surface area contributed by atoms with E-state index in [2.05, 4.69) is 4.90 Å². The van der Waals surface area contributed by atoms with Crippen LogP contribution in [-0.4, -0.2) is 30.0 Å². The lowest BCUT2D eigenvalue weighted by molar-refractivity contribution is 0.0568. The van der Waals surface area contributed by atoms with Gasteiger partial charge in [-0.2, -0.15) is 0 Å². The number of amides is 1. The molecule has 2 heterocycles. The summed E-state index contributed by atoms with van der Waals surface area (Å²) in [5.74, 6) is 0.908. The van der Waals surface area contributed by atoms with E-state index in [1.54, 1.807) is 7.11 Å². The van der Waals surface area contributed by atoms with E-state index in [0.29, 0.717) is 17.2 Å². The Balaban J connectivity index is 1.56. The highest BCUT2D eigenvalue weighted by atomic mass is 19.1. The van der Waals surface area contributed by atoms with Crippen molar-refractivity contribution in [1.82, 2.24) is 4.90 Å². The van der Waals surface area contributed by atoms with Crippen LogP contribution < -0.4 is 4.74 Å². The van der Waals surface area contributed by atoms with Crippen LogP contribution in [0.1, 0.15) is 47.5 Å². The van der Waals surface area contributed by atoms with Crippen molar-refractivity contribution in [1.29, 1.82) is 0 Å². The lowest BCUT2D eigenvalue weighted by Crippen LogP contribution is -2.46. The molecule has 2 saturated heterocycles. The summed E-state index contributed by atoms with van der Waals surface area (Å²) in [6, 6.07) is 14.8. The van der Waals surface area contributed by atoms with E-state index in [1.807, 2.05) is 36.4 Å². The summed E-state index contributed by atoms with van der Waals surface area (Å²) < 4.78 is 18.5. The van der Waals surface area contributed by atoms with Crippen molar-refractivity contribution in [2.24, 2.45) is 0 Å². The Kier molecular flexibility index (Phi) is 4.20. The van der Waals surface area contributed by atoms with Gasteiger partial charge in [-0.3, -0.25) is 4.79 Å². The van der Waals surface area contributed by atoms with Gasteiger partial charge in [0.15, 0.2) is 0 Å². The van der Waals surface area contributed by atoms with Crippen LogP contribution in [0.15, 0.2) is 48.5 Å². The molecule has 0 N–H and O–H groups in total. The number of halogens is 1. The number of nitrogens with zero attached hydrogens (tertiary/aromatic N) is 1. The first kappa shape index (κ1) is 16.1. The van der Waals surface area contributed by atoms with Crippen LogP contribution >= 0.6 is 0 Å². The first-order valence-corrected chi connectivity index (χ1v) is 8.88. The highest BCUT2D eigenvalue weighted by Gasteiger charge is 2.44. The molecule has 0 aromatic heterocycles. The van der Waals surface area contributed by atoms with Crippen molar-refractivity contribution in [2.45, 2.75) is 43.7 Å². The molecule has 1 unspecified atom stereocenters. The molecule has 2 fully saturated rings. The first-order chi connectivity index (χ1) is 12.2. The summed E-state index contributed by atoms with van der Waals surface area (Å²) in [5, 5.41) is 0. The van der Waals surface area contributed by atoms with Gasteiger partial charge in [-0.15, -0.1) is 0 Å². The molecule has 130 valence electrons. The van der Waals surface area contributed by atoms with Gasteiger partial charge in [0.2, 0.25) is 0 Å². The van der Waals surface area contributed by atoms with E-state index in [4.69, 9.17) is 4.74 Å². The molecular formula is C21H22FNO2. The van der Waals surface area contributed by atoms with Crippen LogP contribution in [0.3, 0.4) is 0 Å². The number of benzene rings is 2. The molecule has 2 aliphatic heterocycles. The van der Waals surface area contributed by atoms with Crippen molar-refractivity contribution >= 4 is 5.91 Å². The number of ether oxygens (including phenoxy) is 1. The number of hydrogen-bond donors (Lipinski definition) is 0. The third kappa shape index (κ3) is 2.90. The zero-order valence-electron chi connectivity index (χ0n) is 14.3. The van der Waals surface area contributed by atoms with E-state index >= 15 is 0 Å². The zero-order valence-corrected chi connectivity index (χ0v) is 14.3. The molecule has 1 amide bonds. The number of para-hydroxylation sites is 1. The van der Waals surface area contributed by atoms with E-state index in [-0.39, 0.29) is 23.8 Å². The summed E-state index contributed by atoms with van der Waals surface area (Å²) >= 11 is 0. The maximum Gasteiger partial charge on any atom is 0.258 e. The maximum absolute atomic E-state index is 13.2. The summed E-state index contributed by atoms with van der Waals surface area (Å²) in [4.78, 5) is 15.2. The van der Waals surface area contributed by atoms with Gasteiger partial charge in [-0.25, -0.2) is 4.39 Å². The molecule has 2 aromatic rings. The lowest BCUT2D eigenvalue weighted by atomic mass is 9.84. The van der Waals surface area contributed by atoms with Gasteiger partial charge < -0.3 is 9.64 Å². The van der Waals surface area contributed by atoms with Gasteiger partial charge in [-0.05, 0) is 61.4 Å². The van der Waals surface area contributed by atoms with Crippen molar-refractivity contribution in [3.05, 3.63) is 65.5 Å². The highest BCUT2D eigenvalue weighted by molar-refractivity contribution is 5.97. The molecule has 3 atom stereocenters. The minimum absolute atomic E-state index is 0.0718. The molecule has 0 aliphatic carbocycles. The van der Waals surface area contributed by atoms with Crippen molar-refractivity contribution in [3.63, 3.8) is 0 Å². The minimum atomic E-state index is -0.199. The van der Waals surface area contributed by atoms with Crippen LogP contribution in [0.5, 0.6) is 5.75 Å². The van der Waals surface area contributed by atoms with E-state index < -0.39 is 0 Å². The van der Waals surface area contributed by atoms with Gasteiger partial charge in [0.05, 0.1) is 12.7 Å². The van der Waals surface area contributed by atoms with Crippen LogP contribution in [0.25, 0.3) is 0 Å². The molecule has 0 spiro atoms. The Morgan fingerprint density at radius 2 is 1.68 bits per heavy atom. The van der Waals surface area contributed by atoms with E-state index in [9.17, 15) is 9.18 Å². The number of carbonyl (C=O) groups excluding carboxylic acids is 1. The van der Waals surface area contributed by atoms with Crippen LogP contribution in [0.4, 0.5) is 4.39 Å². The molecule has 4 heteroatoms. The molecule has 3 nitrogen and oxygen atoms in total. The Morgan fingerprint density at radius 3 is 2.32 bits per heavy atom. The Hall–Kier alpha value is -2.36. The van der Waals surface area contributed by atoms with E-state index in [1.165, 1.54) is 17.7 Å². The number of hydrogen-bond acceptors (Lipinski definition) is 2. The summed E-state index contributed by atoms with van der Waals surface area (Å²) in [6.07, 6.45) is 3.98. The smallest absolute Gasteiger partial charge is 0.258 e. The zero-order chi connectivity index (χ0) is 17.4. The molecule has 4 rings (SSSR count). The molecule has 25 heavy (non-hydrogen) atoms. The number of piperidine rings is 1. The normalized spacial score (nSPS) is 25.0. The number of rotatable bonds is 3. The third-order valence-corrected chi connectivity index (χ3v) is 5.65. The van der Waals surface area contributed by atoms with E-state index in [0.717, 1.165) is 25.7 Å². The van der Waals surface area contributed by atoms with Crippen molar-refractivity contribution in [3.8, 4) is 5.75 Å². The summed E-state index contributed by atoms with van der Waals surface area (Å²) in [5.41, 5.74) is 1.82. The fraction of sp³-hybridized carbons (Fsp3) is 0.381. The van der Waals surface area contributed by atoms with Crippen LogP contribution in [0, 0.1) is 5.82 Å². The van der Waals surface area contributed by atoms with Crippen LogP contribution in [-0.2, 0) is 0 Å². The van der Waals surface area contributed by atoms with Gasteiger partial charge >= 0.3 is 0 Å². The van der Waals surface area contributed by atoms with Gasteiger partial charge in [0.25, 0.3) is 5.91 Å². The molecule has 0 saturated carbocycles. The second-order valence-electron chi connectivity index (χ2n) is 7.02. The average Bonchev–Trinajstić information content (AvgIpc) is 2.91. The average molecular weight is 339 g/mol. The van der Waals surface area contributed by atoms with Gasteiger partial charge in [0, 0.05) is 12.1 Å².